The lowest BCUT2D eigenvalue weighted by molar-refractivity contribution is -0.143. The van der Waals surface area contributed by atoms with Crippen LogP contribution in [0.25, 0.3) is 10.9 Å². The summed E-state index contributed by atoms with van der Waals surface area (Å²) in [7, 11) is 0. The lowest BCUT2D eigenvalue weighted by Crippen LogP contribution is -2.60. The Labute approximate surface area is 538 Å². The van der Waals surface area contributed by atoms with E-state index in [2.05, 4.69) is 42.2 Å². The zero-order valence-corrected chi connectivity index (χ0v) is 53.2. The number of carbonyl (C=O) groups excluding carboxylic acids is 10. The van der Waals surface area contributed by atoms with Gasteiger partial charge in [0.05, 0.1) is 6.54 Å². The van der Waals surface area contributed by atoms with Crippen LogP contribution in [0, 0.1) is 11.7 Å². The maximum Gasteiger partial charge on any atom is 0.246 e. The van der Waals surface area contributed by atoms with Gasteiger partial charge >= 0.3 is 0 Å². The van der Waals surface area contributed by atoms with E-state index >= 15 is 4.79 Å². The zero-order chi connectivity index (χ0) is 65.0. The molecule has 26 heteroatoms. The van der Waals surface area contributed by atoms with Crippen molar-refractivity contribution in [2.45, 2.75) is 176 Å². The average Bonchev–Trinajstić information content (AvgIpc) is 1.87. The second kappa shape index (κ2) is 34.1. The standard InChI is InChI=1S/C65H87FN12O11S2/c1-39-59(83)75-52(31-41-17-21-46(79)22-18-41)65(89)78-28-9-16-55(78)63(87)76-53(58(68)82)38-91-37-43-13-7-12-42(30-43)36-90-29-25-56(80)72-49(14-5-6-26-67)60(84)70-35-57(81)73-51(32-44-34-69-48-24-20-45(66)33-47(44)48)61(85)74-50(23-19-40-10-3-2-4-11-40)64(88)77-27-8-15-54(77)62(86)71-39/h7,12-13,17-18,20-22,24,30,33-34,39-40,49-55,69,79H,2-6,8-11,14-16,19,23,25-29,31-32,35-38,67H2,1H3,(H2,68,82)(H,70,84)(H,71,86)(H,72,80)(H,73,81)(H,74,85)(H,75,83)(H,76,87)/t39-,49-,50-,51-,52-,53-,54-,55-/m0/s1. The molecule has 8 rings (SSSR count). The molecule has 3 aromatic carbocycles. The number of carbonyl (C=O) groups is 10. The summed E-state index contributed by atoms with van der Waals surface area (Å²) in [6.07, 6.45) is 9.83. The van der Waals surface area contributed by atoms with Crippen LogP contribution in [0.2, 0.25) is 0 Å². The highest BCUT2D eigenvalue weighted by atomic mass is 32.2. The highest BCUT2D eigenvalue weighted by Crippen LogP contribution is 2.30. The molecule has 3 aliphatic heterocycles. The molecular weight excluding hydrogens is 1210 g/mol. The van der Waals surface area contributed by atoms with Gasteiger partial charge in [-0.25, -0.2) is 4.39 Å². The summed E-state index contributed by atoms with van der Waals surface area (Å²) in [6.45, 7) is 1.50. The minimum absolute atomic E-state index is 0.0237. The van der Waals surface area contributed by atoms with Gasteiger partial charge in [0.25, 0.3) is 0 Å². The Bertz CT molecular complexity index is 3220. The van der Waals surface area contributed by atoms with Gasteiger partial charge in [-0.3, -0.25) is 47.9 Å². The second-order valence-electron chi connectivity index (χ2n) is 24.2. The Morgan fingerprint density at radius 3 is 1.99 bits per heavy atom. The second-order valence-corrected chi connectivity index (χ2v) is 26.4. The van der Waals surface area contributed by atoms with Crippen LogP contribution in [0.15, 0.2) is 72.9 Å². The number of amides is 10. The number of nitrogens with two attached hydrogens (primary N) is 2. The summed E-state index contributed by atoms with van der Waals surface area (Å²) in [5, 5.41) is 30.0. The van der Waals surface area contributed by atoms with Crippen LogP contribution >= 0.6 is 23.5 Å². The van der Waals surface area contributed by atoms with Crippen LogP contribution in [0.4, 0.5) is 4.39 Å². The molecule has 8 atom stereocenters. The summed E-state index contributed by atoms with van der Waals surface area (Å²) in [5.74, 6) is -5.16. The predicted octanol–water partition coefficient (Wildman–Crippen LogP) is 3.37. The quantitative estimate of drug-likeness (QED) is 0.0907. The predicted molar refractivity (Wildman–Crippen MR) is 345 cm³/mol. The maximum absolute atomic E-state index is 15.1. The summed E-state index contributed by atoms with van der Waals surface area (Å²) in [6, 6.07) is 8.69. The fourth-order valence-electron chi connectivity index (χ4n) is 12.4. The molecule has 0 radical (unpaired) electrons. The van der Waals surface area contributed by atoms with Crippen LogP contribution < -0.4 is 48.7 Å². The number of phenolic OH excluding ortho intramolecular Hbond substituents is 1. The Morgan fingerprint density at radius 2 is 1.30 bits per heavy atom. The molecule has 1 aliphatic carbocycles. The summed E-state index contributed by atoms with van der Waals surface area (Å²) >= 11 is 2.89. The Kier molecular flexibility index (Phi) is 25.9. The Balaban J connectivity index is 1.06. The van der Waals surface area contributed by atoms with Crippen LogP contribution in [-0.2, 0) is 72.3 Å². The third-order valence-electron chi connectivity index (χ3n) is 17.4. The van der Waals surface area contributed by atoms with Gasteiger partial charge in [0.1, 0.15) is 59.9 Å². The van der Waals surface area contributed by atoms with Crippen LogP contribution in [0.5, 0.6) is 5.75 Å². The fraction of sp³-hybridized carbons (Fsp3) is 0.538. The number of nitrogens with zero attached hydrogens (tertiary/aromatic N) is 2. The molecule has 23 nitrogen and oxygen atoms in total. The molecule has 4 aromatic rings. The van der Waals surface area contributed by atoms with Crippen molar-refractivity contribution >= 4 is 93.5 Å². The molecular formula is C65H87FN12O11S2. The van der Waals surface area contributed by atoms with E-state index in [1.807, 2.05) is 24.3 Å². The van der Waals surface area contributed by atoms with E-state index in [4.69, 9.17) is 11.5 Å². The highest BCUT2D eigenvalue weighted by molar-refractivity contribution is 7.98. The number of rotatable bonds is 12. The van der Waals surface area contributed by atoms with Crippen molar-refractivity contribution in [3.05, 3.63) is 101 Å². The van der Waals surface area contributed by atoms with E-state index in [9.17, 15) is 52.6 Å². The molecule has 4 aliphatic rings. The number of phenols is 1. The number of H-pyrrole nitrogens is 1. The SMILES string of the molecule is C[C@@H]1NC(=O)[C@@H]2CCCN2C(=O)[C@H](CCC2CCCCC2)NC(=O)[C@H](Cc2c[nH]c3ccc(F)cc23)NC(=O)CNC(=O)[C@H](CCCCN)NC(=O)CCSCc2cccc(c2)CSC[C@@H](C(N)=O)NC(=O)[C@@H]2CCCN2C(=O)[C@H](Cc2ccc(O)cc2)NC1=O. The molecule has 1 saturated carbocycles. The molecule has 2 bridgehead atoms. The molecule has 2 saturated heterocycles. The molecule has 492 valence electrons. The van der Waals surface area contributed by atoms with Crippen LogP contribution in [-0.4, -0.2) is 165 Å². The van der Waals surface area contributed by atoms with Gasteiger partial charge in [0.2, 0.25) is 59.1 Å². The van der Waals surface area contributed by atoms with Gasteiger partial charge < -0.3 is 68.6 Å². The number of unbranched alkanes of at least 4 members (excludes halogenated alkanes) is 1. The number of benzene rings is 3. The van der Waals surface area contributed by atoms with E-state index in [1.54, 1.807) is 24.4 Å². The fourth-order valence-corrected chi connectivity index (χ4v) is 14.3. The number of nitrogens with one attached hydrogen (secondary N) is 8. The summed E-state index contributed by atoms with van der Waals surface area (Å²) in [5.41, 5.74) is 15.2. The Morgan fingerprint density at radius 1 is 0.637 bits per heavy atom. The van der Waals surface area contributed by atoms with Gasteiger partial charge in [-0.15, -0.1) is 0 Å². The topological polar surface area (TPSA) is 349 Å². The van der Waals surface area contributed by atoms with Crippen LogP contribution in [0.3, 0.4) is 0 Å². The number of aromatic nitrogens is 1. The van der Waals surface area contributed by atoms with Crippen molar-refractivity contribution in [2.24, 2.45) is 17.4 Å². The summed E-state index contributed by atoms with van der Waals surface area (Å²) in [4.78, 5) is 148. The molecule has 0 unspecified atom stereocenters. The molecule has 0 spiro atoms. The number of primary amides is 1. The first kappa shape index (κ1) is 69.2. The first-order chi connectivity index (χ1) is 43.8. The van der Waals surface area contributed by atoms with E-state index in [0.717, 1.165) is 43.2 Å². The number of aromatic hydroxyl groups is 1. The number of hydrogen-bond donors (Lipinski definition) is 11. The van der Waals surface area contributed by atoms with Crippen LogP contribution in [0.1, 0.15) is 125 Å². The lowest BCUT2D eigenvalue weighted by atomic mass is 9.85. The third kappa shape index (κ3) is 20.1. The number of fused-ring (bicyclic) bond motifs is 5. The number of thioether (sulfide) groups is 2. The van der Waals surface area contributed by atoms with Crippen molar-refractivity contribution in [3.8, 4) is 5.75 Å². The van der Waals surface area contributed by atoms with Gasteiger partial charge in [0.15, 0.2) is 0 Å². The van der Waals surface area contributed by atoms with E-state index in [0.29, 0.717) is 77.9 Å². The van der Waals surface area contributed by atoms with Crippen molar-refractivity contribution in [1.29, 1.82) is 0 Å². The minimum atomic E-state index is -1.37. The average molecular weight is 1300 g/mol. The lowest BCUT2D eigenvalue weighted by Gasteiger charge is -2.32. The minimum Gasteiger partial charge on any atom is -0.508 e. The molecule has 3 fully saturated rings. The normalized spacial score (nSPS) is 25.0. The van der Waals surface area contributed by atoms with Crippen molar-refractivity contribution in [2.75, 3.05) is 37.7 Å². The summed E-state index contributed by atoms with van der Waals surface area (Å²) < 4.78 is 14.8. The molecule has 13 N–H and O–H groups in total. The first-order valence-corrected chi connectivity index (χ1v) is 34.1. The van der Waals surface area contributed by atoms with Gasteiger partial charge in [0, 0.05) is 72.5 Å². The molecule has 91 heavy (non-hydrogen) atoms. The largest absolute Gasteiger partial charge is 0.508 e. The maximum atomic E-state index is 15.1. The van der Waals surface area contributed by atoms with Crippen molar-refractivity contribution < 1.29 is 57.4 Å². The monoisotopic (exact) mass is 1290 g/mol. The third-order valence-corrected chi connectivity index (χ3v) is 19.5. The first-order valence-electron chi connectivity index (χ1n) is 31.8. The highest BCUT2D eigenvalue weighted by Gasteiger charge is 2.42. The van der Waals surface area contributed by atoms with Gasteiger partial charge in [-0.1, -0.05) is 68.5 Å². The number of halogens is 1. The zero-order valence-electron chi connectivity index (χ0n) is 51.6. The molecule has 10 amide bonds. The van der Waals surface area contributed by atoms with E-state index < -0.39 is 114 Å². The van der Waals surface area contributed by atoms with E-state index in [-0.39, 0.29) is 81.4 Å². The molecule has 1 aromatic heterocycles. The number of aromatic amines is 1. The Hall–Kier alpha value is -7.71. The van der Waals surface area contributed by atoms with E-state index in [1.165, 1.54) is 64.5 Å². The molecule has 4 heterocycles. The van der Waals surface area contributed by atoms with Crippen molar-refractivity contribution in [3.63, 3.8) is 0 Å². The van der Waals surface area contributed by atoms with Crippen molar-refractivity contribution in [1.82, 2.24) is 52.0 Å². The number of hydrogen-bond acceptors (Lipinski definition) is 14. The smallest absolute Gasteiger partial charge is 0.246 e. The van der Waals surface area contributed by atoms with Gasteiger partial charge in [-0.2, -0.15) is 23.5 Å². The van der Waals surface area contributed by atoms with Gasteiger partial charge in [-0.05, 0) is 130 Å².